The average molecular weight is 438 g/mol. The fourth-order valence-corrected chi connectivity index (χ4v) is 3.74. The summed E-state index contributed by atoms with van der Waals surface area (Å²) in [6.07, 6.45) is 4.80. The first-order valence-corrected chi connectivity index (χ1v) is 9.87. The van der Waals surface area contributed by atoms with Gasteiger partial charge in [0.05, 0.1) is 8.65 Å². The normalized spacial score (nSPS) is 16.5. The summed E-state index contributed by atoms with van der Waals surface area (Å²) in [6.45, 7) is 27.7. The molecule has 0 saturated carbocycles. The van der Waals surface area contributed by atoms with Crippen molar-refractivity contribution >= 4 is 31.9 Å². The van der Waals surface area contributed by atoms with Gasteiger partial charge in [0.25, 0.3) is 0 Å². The smallest absolute Gasteiger partial charge is 0.0533 e. The molecule has 22 heavy (non-hydrogen) atoms. The van der Waals surface area contributed by atoms with E-state index in [4.69, 9.17) is 0 Å². The topological polar surface area (TPSA) is 0 Å². The molecule has 0 unspecified atom stereocenters. The molecule has 0 radical (unpaired) electrons. The number of alkyl halides is 2. The molecule has 0 heterocycles. The summed E-state index contributed by atoms with van der Waals surface area (Å²) in [5, 5.41) is 0. The van der Waals surface area contributed by atoms with Crippen LogP contribution in [0.15, 0.2) is 12.2 Å². The summed E-state index contributed by atoms with van der Waals surface area (Å²) in [5.41, 5.74) is 0.466. The van der Waals surface area contributed by atoms with Crippen molar-refractivity contribution in [2.24, 2.45) is 21.7 Å². The highest BCUT2D eigenvalue weighted by Gasteiger charge is 2.50. The minimum absolute atomic E-state index is 0.0808. The van der Waals surface area contributed by atoms with Crippen LogP contribution in [0.3, 0.4) is 0 Å². The van der Waals surface area contributed by atoms with Crippen molar-refractivity contribution < 1.29 is 0 Å². The van der Waals surface area contributed by atoms with Gasteiger partial charge in [0.1, 0.15) is 0 Å². The molecule has 0 saturated heterocycles. The summed E-state index contributed by atoms with van der Waals surface area (Å²) in [6, 6.07) is 0. The maximum absolute atomic E-state index is 4.10. The molecule has 0 aliphatic heterocycles. The van der Waals surface area contributed by atoms with Gasteiger partial charge in [0, 0.05) is 0 Å². The maximum atomic E-state index is 4.10. The van der Waals surface area contributed by atoms with E-state index in [0.717, 1.165) is 0 Å². The zero-order valence-corrected chi connectivity index (χ0v) is 20.1. The van der Waals surface area contributed by atoms with E-state index in [1.807, 2.05) is 0 Å². The highest BCUT2D eigenvalue weighted by Crippen LogP contribution is 2.55. The van der Waals surface area contributed by atoms with E-state index in [1.54, 1.807) is 0 Å². The summed E-state index contributed by atoms with van der Waals surface area (Å²) < 4.78 is -0.162. The van der Waals surface area contributed by atoms with E-state index >= 15 is 0 Å². The second kappa shape index (κ2) is 6.21. The Bertz CT molecular complexity index is 335. The number of hydrogen-bond acceptors (Lipinski definition) is 0. The third-order valence-corrected chi connectivity index (χ3v) is 10.2. The van der Waals surface area contributed by atoms with Crippen molar-refractivity contribution in [1.82, 2.24) is 0 Å². The molecule has 0 spiro atoms. The Morgan fingerprint density at radius 2 is 0.545 bits per heavy atom. The van der Waals surface area contributed by atoms with Gasteiger partial charge in [-0.25, -0.2) is 0 Å². The molecule has 0 aliphatic rings. The van der Waals surface area contributed by atoms with Crippen LogP contribution < -0.4 is 0 Å². The van der Waals surface area contributed by atoms with Gasteiger partial charge in [-0.15, -0.1) is 0 Å². The summed E-state index contributed by atoms with van der Waals surface area (Å²) in [7, 11) is 0. The fourth-order valence-electron chi connectivity index (χ4n) is 3.48. The molecule has 0 nitrogen and oxygen atoms in total. The Morgan fingerprint density at radius 1 is 0.409 bits per heavy atom. The molecule has 0 atom stereocenters. The van der Waals surface area contributed by atoms with Crippen LogP contribution >= 0.6 is 31.9 Å². The van der Waals surface area contributed by atoms with Gasteiger partial charge in [-0.2, -0.15) is 0 Å². The van der Waals surface area contributed by atoms with Crippen molar-refractivity contribution in [3.63, 3.8) is 0 Å². The molecule has 2 heteroatoms. The quantitative estimate of drug-likeness (QED) is 0.303. The first-order valence-electron chi connectivity index (χ1n) is 8.29. The van der Waals surface area contributed by atoms with Gasteiger partial charge in [-0.3, -0.25) is 0 Å². The number of halogens is 2. The zero-order valence-electron chi connectivity index (χ0n) is 16.9. The molecule has 0 N–H and O–H groups in total. The lowest BCUT2D eigenvalue weighted by Gasteiger charge is -2.51. The van der Waals surface area contributed by atoms with Crippen molar-refractivity contribution in [2.75, 3.05) is 0 Å². The number of allylic oxidation sites excluding steroid dienone is 2. The Balaban J connectivity index is 6.18. The van der Waals surface area contributed by atoms with Crippen LogP contribution in [0.1, 0.15) is 83.1 Å². The maximum Gasteiger partial charge on any atom is 0.0533 e. The van der Waals surface area contributed by atoms with Gasteiger partial charge >= 0.3 is 0 Å². The van der Waals surface area contributed by atoms with E-state index in [9.17, 15) is 0 Å². The summed E-state index contributed by atoms with van der Waals surface area (Å²) >= 11 is 8.21. The number of rotatable bonds is 2. The highest BCUT2D eigenvalue weighted by molar-refractivity contribution is 9.10. The molecule has 0 aliphatic carbocycles. The second-order valence-corrected chi connectivity index (χ2v) is 13.3. The summed E-state index contributed by atoms with van der Waals surface area (Å²) in [4.78, 5) is 0. The fraction of sp³-hybridized carbons (Fsp3) is 0.900. The van der Waals surface area contributed by atoms with Gasteiger partial charge in [-0.1, -0.05) is 127 Å². The van der Waals surface area contributed by atoms with Crippen LogP contribution in [0.4, 0.5) is 0 Å². The predicted octanol–water partition coefficient (Wildman–Crippen LogP) is 7.99. The van der Waals surface area contributed by atoms with E-state index in [2.05, 4.69) is 127 Å². The van der Waals surface area contributed by atoms with Crippen LogP contribution in [0.25, 0.3) is 0 Å². The molecule has 0 fully saturated rings. The van der Waals surface area contributed by atoms with Crippen LogP contribution in [0.5, 0.6) is 0 Å². The van der Waals surface area contributed by atoms with Gasteiger partial charge < -0.3 is 0 Å². The molecular formula is C20H38Br2. The molecule has 0 rings (SSSR count). The van der Waals surface area contributed by atoms with E-state index in [-0.39, 0.29) is 30.3 Å². The van der Waals surface area contributed by atoms with Crippen molar-refractivity contribution in [2.45, 2.75) is 91.7 Å². The van der Waals surface area contributed by atoms with Crippen LogP contribution in [0, 0.1) is 21.7 Å². The standard InChI is InChI=1S/C20H38Br2/c1-15(2,3)19(21,16(4,5)6)13-14-20(22,17(7,8)9)18(10,11)12/h13-14H,1-12H3/b14-13+. The Labute approximate surface area is 157 Å². The first kappa shape index (κ1) is 22.7. The zero-order chi connectivity index (χ0) is 18.4. The SMILES string of the molecule is CC(C)(C)C(Br)(/C=C/C(Br)(C(C)(C)C)C(C)(C)C)C(C)(C)C. The lowest BCUT2D eigenvalue weighted by molar-refractivity contribution is 0.176. The van der Waals surface area contributed by atoms with Crippen molar-refractivity contribution in [3.05, 3.63) is 12.2 Å². The number of hydrogen-bond donors (Lipinski definition) is 0. The minimum atomic E-state index is -0.0808. The first-order chi connectivity index (χ1) is 9.21. The molecule has 0 amide bonds. The third kappa shape index (κ3) is 4.21. The third-order valence-electron chi connectivity index (χ3n) is 4.91. The molecule has 0 aromatic heterocycles. The van der Waals surface area contributed by atoms with E-state index in [1.165, 1.54) is 0 Å². The molecule has 0 bridgehead atoms. The Hall–Kier alpha value is 0.700. The molecule has 132 valence electrons. The second-order valence-electron chi connectivity index (χ2n) is 10.8. The monoisotopic (exact) mass is 436 g/mol. The largest absolute Gasteiger partial charge is 0.0796 e. The van der Waals surface area contributed by atoms with Crippen LogP contribution in [-0.4, -0.2) is 8.65 Å². The van der Waals surface area contributed by atoms with Crippen LogP contribution in [0.2, 0.25) is 0 Å². The average Bonchev–Trinajstić information content (AvgIpc) is 2.18. The van der Waals surface area contributed by atoms with Gasteiger partial charge in [-0.05, 0) is 21.7 Å². The lowest BCUT2D eigenvalue weighted by atomic mass is 9.63. The van der Waals surface area contributed by atoms with Crippen LogP contribution in [-0.2, 0) is 0 Å². The van der Waals surface area contributed by atoms with E-state index < -0.39 is 0 Å². The van der Waals surface area contributed by atoms with Crippen molar-refractivity contribution in [3.8, 4) is 0 Å². The minimum Gasteiger partial charge on any atom is -0.0796 e. The lowest BCUT2D eigenvalue weighted by Crippen LogP contribution is -2.49. The molecule has 0 aromatic carbocycles. The van der Waals surface area contributed by atoms with Gasteiger partial charge in [0.2, 0.25) is 0 Å². The van der Waals surface area contributed by atoms with Gasteiger partial charge in [0.15, 0.2) is 0 Å². The van der Waals surface area contributed by atoms with Crippen molar-refractivity contribution in [1.29, 1.82) is 0 Å². The Kier molecular flexibility index (Phi) is 6.41. The highest BCUT2D eigenvalue weighted by atomic mass is 79.9. The summed E-state index contributed by atoms with van der Waals surface area (Å²) in [5.74, 6) is 0. The molecular weight excluding hydrogens is 400 g/mol. The Morgan fingerprint density at radius 3 is 0.636 bits per heavy atom. The predicted molar refractivity (Wildman–Crippen MR) is 110 cm³/mol. The van der Waals surface area contributed by atoms with E-state index in [0.29, 0.717) is 0 Å². The molecule has 0 aromatic rings.